The lowest BCUT2D eigenvalue weighted by molar-refractivity contribution is 0.291. The predicted octanol–water partition coefficient (Wildman–Crippen LogP) is 6.04. The number of aromatic amines is 1. The van der Waals surface area contributed by atoms with Crippen molar-refractivity contribution in [3.8, 4) is 16.9 Å². The quantitative estimate of drug-likeness (QED) is 0.347. The molecule has 5 rings (SSSR count). The lowest BCUT2D eigenvalue weighted by atomic mass is 10.0. The molecular formula is C24H21BrN4O. The molecule has 30 heavy (non-hydrogen) atoms. The number of hydrogen-bond donors (Lipinski definition) is 1. The van der Waals surface area contributed by atoms with Gasteiger partial charge in [0.05, 0.1) is 23.3 Å². The van der Waals surface area contributed by atoms with Crippen molar-refractivity contribution in [3.63, 3.8) is 0 Å². The van der Waals surface area contributed by atoms with E-state index in [1.54, 1.807) is 6.20 Å². The van der Waals surface area contributed by atoms with Crippen molar-refractivity contribution in [3.05, 3.63) is 76.8 Å². The summed E-state index contributed by atoms with van der Waals surface area (Å²) in [6.45, 7) is 5.39. The third kappa shape index (κ3) is 3.48. The van der Waals surface area contributed by atoms with Gasteiger partial charge in [-0.05, 0) is 55.8 Å². The van der Waals surface area contributed by atoms with Crippen molar-refractivity contribution in [1.29, 1.82) is 0 Å². The molecule has 2 aromatic carbocycles. The topological polar surface area (TPSA) is 55.7 Å². The molecule has 0 bridgehead atoms. The minimum Gasteiger partial charge on any atom is -0.492 e. The molecule has 0 aliphatic rings. The van der Waals surface area contributed by atoms with Crippen LogP contribution >= 0.6 is 15.9 Å². The van der Waals surface area contributed by atoms with E-state index >= 15 is 0 Å². The summed E-state index contributed by atoms with van der Waals surface area (Å²) in [6.07, 6.45) is 3.71. The Balaban J connectivity index is 1.49. The van der Waals surface area contributed by atoms with Gasteiger partial charge < -0.3 is 9.72 Å². The van der Waals surface area contributed by atoms with E-state index < -0.39 is 0 Å². The average molecular weight is 461 g/mol. The van der Waals surface area contributed by atoms with Crippen LogP contribution in [0, 0.1) is 13.8 Å². The van der Waals surface area contributed by atoms with Gasteiger partial charge >= 0.3 is 0 Å². The Morgan fingerprint density at radius 3 is 2.60 bits per heavy atom. The molecule has 0 saturated carbocycles. The van der Waals surface area contributed by atoms with Gasteiger partial charge in [0.1, 0.15) is 12.4 Å². The monoisotopic (exact) mass is 460 g/mol. The summed E-state index contributed by atoms with van der Waals surface area (Å²) in [6, 6.07) is 16.6. The van der Waals surface area contributed by atoms with Crippen LogP contribution in [-0.2, 0) is 6.54 Å². The molecule has 0 atom stereocenters. The molecule has 3 aromatic heterocycles. The lowest BCUT2D eigenvalue weighted by Crippen LogP contribution is -2.08. The number of nitrogens with zero attached hydrogens (tertiary/aromatic N) is 3. The molecule has 0 saturated heterocycles. The number of pyridine rings is 1. The van der Waals surface area contributed by atoms with E-state index in [1.165, 1.54) is 10.8 Å². The van der Waals surface area contributed by atoms with Crippen molar-refractivity contribution >= 4 is 37.7 Å². The van der Waals surface area contributed by atoms with Gasteiger partial charge in [0.25, 0.3) is 0 Å². The highest BCUT2D eigenvalue weighted by Gasteiger charge is 2.14. The Labute approximate surface area is 182 Å². The van der Waals surface area contributed by atoms with Crippen molar-refractivity contribution in [1.82, 2.24) is 19.7 Å². The van der Waals surface area contributed by atoms with E-state index in [-0.39, 0.29) is 0 Å². The highest BCUT2D eigenvalue weighted by molar-refractivity contribution is 9.10. The van der Waals surface area contributed by atoms with E-state index in [0.717, 1.165) is 50.3 Å². The molecule has 0 unspecified atom stereocenters. The van der Waals surface area contributed by atoms with Gasteiger partial charge in [-0.25, -0.2) is 0 Å². The fourth-order valence-electron chi connectivity index (χ4n) is 3.93. The first-order valence-electron chi connectivity index (χ1n) is 9.88. The molecule has 5 nitrogen and oxygen atoms in total. The first-order chi connectivity index (χ1) is 14.6. The molecule has 1 N–H and O–H groups in total. The van der Waals surface area contributed by atoms with E-state index in [0.29, 0.717) is 6.61 Å². The summed E-state index contributed by atoms with van der Waals surface area (Å²) >= 11 is 3.69. The van der Waals surface area contributed by atoms with Gasteiger partial charge in [0.2, 0.25) is 0 Å². The minimum atomic E-state index is 0.579. The number of halogens is 1. The highest BCUT2D eigenvalue weighted by Crippen LogP contribution is 2.37. The standard InChI is InChI=1S/C24H21BrN4O/c1-15-12-21-22-14-18(25)13-20(24(22)28-23(21)16(2)27-15)17-4-6-19(7-5-17)30-11-10-29-9-3-8-26-29/h3-9,12-14,28H,10-11H2,1-2H3. The number of aromatic nitrogens is 4. The number of benzene rings is 2. The number of rotatable bonds is 5. The molecular weight excluding hydrogens is 440 g/mol. The van der Waals surface area contributed by atoms with Crippen molar-refractivity contribution < 1.29 is 4.74 Å². The molecule has 0 amide bonds. The van der Waals surface area contributed by atoms with E-state index in [9.17, 15) is 0 Å². The zero-order chi connectivity index (χ0) is 20.7. The number of hydrogen-bond acceptors (Lipinski definition) is 3. The van der Waals surface area contributed by atoms with Crippen LogP contribution in [0.2, 0.25) is 0 Å². The Morgan fingerprint density at radius 2 is 1.83 bits per heavy atom. The summed E-state index contributed by atoms with van der Waals surface area (Å²) < 4.78 is 8.79. The lowest BCUT2D eigenvalue weighted by Gasteiger charge is -2.09. The summed E-state index contributed by atoms with van der Waals surface area (Å²) in [5.41, 5.74) is 6.54. The van der Waals surface area contributed by atoms with Crippen LogP contribution in [0.3, 0.4) is 0 Å². The minimum absolute atomic E-state index is 0.579. The molecule has 0 radical (unpaired) electrons. The molecule has 0 fully saturated rings. The Morgan fingerprint density at radius 1 is 1.03 bits per heavy atom. The SMILES string of the molecule is Cc1cc2c([nH]c3c(-c4ccc(OCCn5cccn5)cc4)cc(Br)cc32)c(C)n1. The number of fused-ring (bicyclic) bond motifs is 3. The second-order valence-electron chi connectivity index (χ2n) is 7.41. The van der Waals surface area contributed by atoms with Crippen LogP contribution in [-0.4, -0.2) is 26.4 Å². The third-order valence-electron chi connectivity index (χ3n) is 5.29. The zero-order valence-corrected chi connectivity index (χ0v) is 18.4. The van der Waals surface area contributed by atoms with E-state index in [4.69, 9.17) is 4.74 Å². The van der Waals surface area contributed by atoms with E-state index in [2.05, 4.69) is 68.3 Å². The van der Waals surface area contributed by atoms with Gasteiger partial charge in [-0.15, -0.1) is 0 Å². The molecule has 3 heterocycles. The number of H-pyrrole nitrogens is 1. The second kappa shape index (κ2) is 7.61. The van der Waals surface area contributed by atoms with Gasteiger partial charge in [-0.1, -0.05) is 28.1 Å². The summed E-state index contributed by atoms with van der Waals surface area (Å²) in [5.74, 6) is 0.851. The summed E-state index contributed by atoms with van der Waals surface area (Å²) in [4.78, 5) is 8.22. The van der Waals surface area contributed by atoms with Crippen LogP contribution < -0.4 is 4.74 Å². The molecule has 5 aromatic rings. The largest absolute Gasteiger partial charge is 0.492 e. The van der Waals surface area contributed by atoms with Crippen molar-refractivity contribution in [2.45, 2.75) is 20.4 Å². The average Bonchev–Trinajstić information content (AvgIpc) is 3.36. The normalized spacial score (nSPS) is 11.4. The second-order valence-corrected chi connectivity index (χ2v) is 8.33. The molecule has 0 aliphatic carbocycles. The zero-order valence-electron chi connectivity index (χ0n) is 16.8. The number of nitrogens with one attached hydrogen (secondary N) is 1. The highest BCUT2D eigenvalue weighted by atomic mass is 79.9. The predicted molar refractivity (Wildman–Crippen MR) is 124 cm³/mol. The van der Waals surface area contributed by atoms with Crippen LogP contribution in [0.1, 0.15) is 11.4 Å². The first-order valence-corrected chi connectivity index (χ1v) is 10.7. The number of aryl methyl sites for hydroxylation is 2. The fraction of sp³-hybridized carbons (Fsp3) is 0.167. The van der Waals surface area contributed by atoms with Crippen LogP contribution in [0.5, 0.6) is 5.75 Å². The maximum atomic E-state index is 5.87. The van der Waals surface area contributed by atoms with Crippen molar-refractivity contribution in [2.75, 3.05) is 6.61 Å². The van der Waals surface area contributed by atoms with Gasteiger partial charge in [0, 0.05) is 38.9 Å². The van der Waals surface area contributed by atoms with Gasteiger partial charge in [-0.2, -0.15) is 5.10 Å². The summed E-state index contributed by atoms with van der Waals surface area (Å²) in [5, 5.41) is 6.59. The molecule has 0 spiro atoms. The summed E-state index contributed by atoms with van der Waals surface area (Å²) in [7, 11) is 0. The van der Waals surface area contributed by atoms with Crippen LogP contribution in [0.4, 0.5) is 0 Å². The Bertz CT molecular complexity index is 1340. The van der Waals surface area contributed by atoms with Crippen molar-refractivity contribution in [2.24, 2.45) is 0 Å². The molecule has 6 heteroatoms. The Kier molecular flexibility index (Phi) is 4.79. The van der Waals surface area contributed by atoms with Crippen LogP contribution in [0.15, 0.2) is 65.4 Å². The van der Waals surface area contributed by atoms with Gasteiger partial charge in [0.15, 0.2) is 0 Å². The maximum Gasteiger partial charge on any atom is 0.119 e. The molecule has 150 valence electrons. The van der Waals surface area contributed by atoms with E-state index in [1.807, 2.05) is 36.0 Å². The molecule has 0 aliphatic heterocycles. The smallest absolute Gasteiger partial charge is 0.119 e. The van der Waals surface area contributed by atoms with Gasteiger partial charge in [-0.3, -0.25) is 9.67 Å². The maximum absolute atomic E-state index is 5.87. The fourth-order valence-corrected chi connectivity index (χ4v) is 4.38. The third-order valence-corrected chi connectivity index (χ3v) is 5.74. The number of ether oxygens (including phenoxy) is 1. The van der Waals surface area contributed by atoms with Crippen LogP contribution in [0.25, 0.3) is 32.9 Å². The first kappa shape index (κ1) is 18.9. The Hall–Kier alpha value is -3.12.